The van der Waals surface area contributed by atoms with Crippen LogP contribution in [0.1, 0.15) is 17.5 Å². The van der Waals surface area contributed by atoms with Crippen molar-refractivity contribution in [2.75, 3.05) is 6.54 Å². The highest BCUT2D eigenvalue weighted by Gasteiger charge is 2.03. The van der Waals surface area contributed by atoms with Crippen molar-refractivity contribution in [1.29, 1.82) is 0 Å². The molecule has 0 aliphatic carbocycles. The van der Waals surface area contributed by atoms with Gasteiger partial charge in [-0.2, -0.15) is 0 Å². The van der Waals surface area contributed by atoms with E-state index in [9.17, 15) is 0 Å². The van der Waals surface area contributed by atoms with Crippen molar-refractivity contribution in [2.24, 2.45) is 5.73 Å². The molecular weight excluding hydrogens is 190 g/mol. The fourth-order valence-corrected chi connectivity index (χ4v) is 2.71. The van der Waals surface area contributed by atoms with Gasteiger partial charge in [0.25, 0.3) is 0 Å². The van der Waals surface area contributed by atoms with Crippen LogP contribution in [-0.4, -0.2) is 6.54 Å². The number of rotatable bonds is 3. The monoisotopic (exact) mass is 205 g/mol. The van der Waals surface area contributed by atoms with Crippen LogP contribution in [-0.2, 0) is 6.42 Å². The van der Waals surface area contributed by atoms with E-state index in [1.54, 1.807) is 0 Å². The lowest BCUT2D eigenvalue weighted by Crippen LogP contribution is -2.01. The molecule has 1 aromatic carbocycles. The zero-order valence-corrected chi connectivity index (χ0v) is 9.23. The average Bonchev–Trinajstić information content (AvgIpc) is 2.66. The van der Waals surface area contributed by atoms with Crippen LogP contribution in [0.25, 0.3) is 10.1 Å². The highest BCUT2D eigenvalue weighted by molar-refractivity contribution is 7.17. The van der Waals surface area contributed by atoms with E-state index >= 15 is 0 Å². The van der Waals surface area contributed by atoms with Gasteiger partial charge in [-0.15, -0.1) is 11.3 Å². The molecule has 0 saturated heterocycles. The third-order valence-corrected chi connectivity index (χ3v) is 3.68. The molecule has 0 amide bonds. The molecular formula is C12H15NS. The van der Waals surface area contributed by atoms with Crippen LogP contribution in [0.4, 0.5) is 0 Å². The zero-order chi connectivity index (χ0) is 9.97. The summed E-state index contributed by atoms with van der Waals surface area (Å²) in [7, 11) is 0. The third kappa shape index (κ3) is 1.68. The number of thiophene rings is 1. The number of benzene rings is 1. The molecule has 1 nitrogen and oxygen atoms in total. The van der Waals surface area contributed by atoms with Gasteiger partial charge in [-0.05, 0) is 54.3 Å². The molecule has 14 heavy (non-hydrogen) atoms. The maximum absolute atomic E-state index is 5.52. The van der Waals surface area contributed by atoms with E-state index in [2.05, 4.69) is 30.5 Å². The molecule has 0 radical (unpaired) electrons. The molecule has 0 spiro atoms. The van der Waals surface area contributed by atoms with E-state index in [1.807, 2.05) is 11.3 Å². The Morgan fingerprint density at radius 2 is 2.14 bits per heavy atom. The molecule has 0 atom stereocenters. The van der Waals surface area contributed by atoms with Gasteiger partial charge in [0.2, 0.25) is 0 Å². The second-order valence-corrected chi connectivity index (χ2v) is 4.50. The zero-order valence-electron chi connectivity index (χ0n) is 8.42. The Hall–Kier alpha value is -0.860. The lowest BCUT2D eigenvalue weighted by molar-refractivity contribution is 0.829. The fraction of sp³-hybridized carbons (Fsp3) is 0.333. The minimum atomic E-state index is 0.780. The quantitative estimate of drug-likeness (QED) is 0.818. The van der Waals surface area contributed by atoms with Gasteiger partial charge in [0.05, 0.1) is 0 Å². The van der Waals surface area contributed by atoms with Crippen molar-refractivity contribution in [1.82, 2.24) is 0 Å². The van der Waals surface area contributed by atoms with Crippen LogP contribution in [0, 0.1) is 6.92 Å². The largest absolute Gasteiger partial charge is 0.330 e. The Morgan fingerprint density at radius 1 is 1.29 bits per heavy atom. The molecule has 0 saturated carbocycles. The maximum atomic E-state index is 5.52. The summed E-state index contributed by atoms with van der Waals surface area (Å²) in [6, 6.07) is 6.63. The lowest BCUT2D eigenvalue weighted by atomic mass is 10.0. The number of nitrogens with two attached hydrogens (primary N) is 1. The molecule has 2 heteroatoms. The van der Waals surface area contributed by atoms with Crippen molar-refractivity contribution in [3.8, 4) is 0 Å². The standard InChI is InChI=1S/C12H15NS/c1-9-10(3-2-7-13)4-5-11-6-8-14-12(9)11/h4-6,8H,2-3,7,13H2,1H3. The minimum Gasteiger partial charge on any atom is -0.330 e. The molecule has 0 bridgehead atoms. The molecule has 2 N–H and O–H groups in total. The summed E-state index contributed by atoms with van der Waals surface area (Å²) < 4.78 is 1.43. The summed E-state index contributed by atoms with van der Waals surface area (Å²) in [5, 5.41) is 3.52. The summed E-state index contributed by atoms with van der Waals surface area (Å²) in [6.45, 7) is 2.99. The molecule has 2 rings (SSSR count). The van der Waals surface area contributed by atoms with Crippen LogP contribution < -0.4 is 5.73 Å². The Labute approximate surface area is 88.6 Å². The second-order valence-electron chi connectivity index (χ2n) is 3.58. The molecule has 0 aliphatic heterocycles. The summed E-state index contributed by atoms with van der Waals surface area (Å²) in [6.07, 6.45) is 2.19. The summed E-state index contributed by atoms with van der Waals surface area (Å²) in [4.78, 5) is 0. The molecule has 0 unspecified atom stereocenters. The number of hydrogen-bond donors (Lipinski definition) is 1. The average molecular weight is 205 g/mol. The highest BCUT2D eigenvalue weighted by atomic mass is 32.1. The Bertz CT molecular complexity index is 431. The predicted molar refractivity (Wildman–Crippen MR) is 63.9 cm³/mol. The minimum absolute atomic E-state index is 0.780. The van der Waals surface area contributed by atoms with Crippen molar-refractivity contribution in [3.63, 3.8) is 0 Å². The van der Waals surface area contributed by atoms with Crippen LogP contribution in [0.2, 0.25) is 0 Å². The van der Waals surface area contributed by atoms with E-state index in [4.69, 9.17) is 5.73 Å². The van der Waals surface area contributed by atoms with Crippen molar-refractivity contribution in [2.45, 2.75) is 19.8 Å². The van der Waals surface area contributed by atoms with Crippen LogP contribution in [0.5, 0.6) is 0 Å². The van der Waals surface area contributed by atoms with Gasteiger partial charge in [-0.25, -0.2) is 0 Å². The van der Waals surface area contributed by atoms with Crippen LogP contribution in [0.3, 0.4) is 0 Å². The summed E-state index contributed by atoms with van der Waals surface area (Å²) in [5.74, 6) is 0. The molecule has 2 aromatic rings. The predicted octanol–water partition coefficient (Wildman–Crippen LogP) is 3.10. The second kappa shape index (κ2) is 4.11. The van der Waals surface area contributed by atoms with Gasteiger partial charge in [0, 0.05) is 4.70 Å². The molecule has 0 aliphatic rings. The topological polar surface area (TPSA) is 26.0 Å². The lowest BCUT2D eigenvalue weighted by Gasteiger charge is -2.05. The number of fused-ring (bicyclic) bond motifs is 1. The Morgan fingerprint density at radius 3 is 2.93 bits per heavy atom. The van der Waals surface area contributed by atoms with Gasteiger partial charge < -0.3 is 5.73 Å². The van der Waals surface area contributed by atoms with E-state index in [-0.39, 0.29) is 0 Å². The first-order chi connectivity index (χ1) is 6.83. The molecule has 1 heterocycles. The van der Waals surface area contributed by atoms with Crippen LogP contribution >= 0.6 is 11.3 Å². The van der Waals surface area contributed by atoms with E-state index < -0.39 is 0 Å². The van der Waals surface area contributed by atoms with Gasteiger partial charge in [0.15, 0.2) is 0 Å². The SMILES string of the molecule is Cc1c(CCCN)ccc2ccsc12. The maximum Gasteiger partial charge on any atom is 0.0374 e. The first-order valence-electron chi connectivity index (χ1n) is 4.98. The van der Waals surface area contributed by atoms with Gasteiger partial charge in [-0.3, -0.25) is 0 Å². The smallest absolute Gasteiger partial charge is 0.0374 e. The number of hydrogen-bond acceptors (Lipinski definition) is 2. The van der Waals surface area contributed by atoms with Gasteiger partial charge >= 0.3 is 0 Å². The van der Waals surface area contributed by atoms with Crippen molar-refractivity contribution in [3.05, 3.63) is 34.7 Å². The highest BCUT2D eigenvalue weighted by Crippen LogP contribution is 2.27. The van der Waals surface area contributed by atoms with Crippen LogP contribution in [0.15, 0.2) is 23.6 Å². The van der Waals surface area contributed by atoms with Crippen molar-refractivity contribution >= 4 is 21.4 Å². The van der Waals surface area contributed by atoms with E-state index in [1.165, 1.54) is 21.2 Å². The van der Waals surface area contributed by atoms with Gasteiger partial charge in [-0.1, -0.05) is 12.1 Å². The first kappa shape index (κ1) is 9.69. The molecule has 0 fully saturated rings. The third-order valence-electron chi connectivity index (χ3n) is 2.63. The Kier molecular flexibility index (Phi) is 2.85. The summed E-state index contributed by atoms with van der Waals surface area (Å²) in [5.41, 5.74) is 8.41. The van der Waals surface area contributed by atoms with E-state index in [0.29, 0.717) is 0 Å². The first-order valence-corrected chi connectivity index (χ1v) is 5.86. The summed E-state index contributed by atoms with van der Waals surface area (Å²) >= 11 is 1.83. The van der Waals surface area contributed by atoms with Crippen molar-refractivity contribution < 1.29 is 0 Å². The normalized spacial score (nSPS) is 11.0. The molecule has 1 aromatic heterocycles. The Balaban J connectivity index is 2.40. The fourth-order valence-electron chi connectivity index (χ4n) is 1.78. The van der Waals surface area contributed by atoms with Gasteiger partial charge in [0.1, 0.15) is 0 Å². The number of aryl methyl sites for hydroxylation is 2. The molecule has 74 valence electrons. The van der Waals surface area contributed by atoms with E-state index in [0.717, 1.165) is 19.4 Å².